The Morgan fingerprint density at radius 2 is 1.74 bits per heavy atom. The predicted octanol–water partition coefficient (Wildman–Crippen LogP) is 3.83. The van der Waals surface area contributed by atoms with E-state index in [0.29, 0.717) is 12.1 Å². The number of Topliss-reactive ketones (excluding diaryl/α,β-unsaturated/α-hetero) is 1. The summed E-state index contributed by atoms with van der Waals surface area (Å²) in [5.74, 6) is 0.0448. The van der Waals surface area contributed by atoms with Crippen LogP contribution in [0.3, 0.4) is 0 Å². The lowest BCUT2D eigenvalue weighted by molar-refractivity contribution is 0.101. The van der Waals surface area contributed by atoms with Gasteiger partial charge < -0.3 is 10.1 Å². The van der Waals surface area contributed by atoms with Gasteiger partial charge in [0.25, 0.3) is 0 Å². The molecule has 0 saturated heterocycles. The average Bonchev–Trinajstić information content (AvgIpc) is 2.58. The number of carbonyl (C=O) groups excluding carboxylic acids is 2. The highest BCUT2D eigenvalue weighted by molar-refractivity contribution is 5.94. The molecule has 0 aliphatic carbocycles. The van der Waals surface area contributed by atoms with Crippen LogP contribution in [0.4, 0.5) is 4.79 Å². The van der Waals surface area contributed by atoms with Gasteiger partial charge in [-0.05, 0) is 18.1 Å². The molecule has 2 rings (SSSR count). The fourth-order valence-electron chi connectivity index (χ4n) is 1.94. The van der Waals surface area contributed by atoms with E-state index in [2.05, 4.69) is 5.32 Å². The molecular formula is C19H19NO3. The Kier molecular flexibility index (Phi) is 6.12. The van der Waals surface area contributed by atoms with Crippen LogP contribution in [0, 0.1) is 0 Å². The number of hydrogen-bond acceptors (Lipinski definition) is 3. The molecule has 0 atom stereocenters. The van der Waals surface area contributed by atoms with Crippen molar-refractivity contribution in [3.05, 3.63) is 77.4 Å². The number of alkyl carbamates (subject to hydrolysis) is 1. The van der Waals surface area contributed by atoms with Gasteiger partial charge in [-0.2, -0.15) is 0 Å². The molecule has 0 heterocycles. The zero-order valence-corrected chi connectivity index (χ0v) is 13.0. The van der Waals surface area contributed by atoms with Gasteiger partial charge in [0, 0.05) is 12.1 Å². The number of benzene rings is 2. The van der Waals surface area contributed by atoms with Crippen LogP contribution >= 0.6 is 0 Å². The first-order chi connectivity index (χ1) is 11.1. The highest BCUT2D eigenvalue weighted by Gasteiger charge is 2.00. The van der Waals surface area contributed by atoms with Crippen LogP contribution in [-0.2, 0) is 11.3 Å². The van der Waals surface area contributed by atoms with Crippen molar-refractivity contribution in [2.45, 2.75) is 13.5 Å². The minimum Gasteiger partial charge on any atom is -0.445 e. The van der Waals surface area contributed by atoms with Crippen LogP contribution in [0.25, 0.3) is 6.08 Å². The molecule has 0 radical (unpaired) electrons. The number of ether oxygens (including phenoxy) is 1. The second-order valence-corrected chi connectivity index (χ2v) is 5.02. The maximum absolute atomic E-state index is 11.5. The van der Waals surface area contributed by atoms with Crippen molar-refractivity contribution in [2.75, 3.05) is 6.54 Å². The van der Waals surface area contributed by atoms with Crippen molar-refractivity contribution in [1.29, 1.82) is 0 Å². The average molecular weight is 309 g/mol. The molecule has 1 amide bonds. The molecule has 2 aromatic rings. The van der Waals surface area contributed by atoms with Gasteiger partial charge in [-0.25, -0.2) is 4.79 Å². The zero-order chi connectivity index (χ0) is 16.5. The van der Waals surface area contributed by atoms with Crippen molar-refractivity contribution in [3.63, 3.8) is 0 Å². The molecular weight excluding hydrogens is 290 g/mol. The first-order valence-electron chi connectivity index (χ1n) is 7.37. The van der Waals surface area contributed by atoms with Crippen LogP contribution in [0.1, 0.15) is 28.4 Å². The first-order valence-corrected chi connectivity index (χ1v) is 7.37. The second-order valence-electron chi connectivity index (χ2n) is 5.02. The van der Waals surface area contributed by atoms with Gasteiger partial charge >= 0.3 is 6.09 Å². The lowest BCUT2D eigenvalue weighted by Gasteiger charge is -2.05. The predicted molar refractivity (Wildman–Crippen MR) is 90.1 cm³/mol. The van der Waals surface area contributed by atoms with E-state index >= 15 is 0 Å². The second kappa shape index (κ2) is 8.54. The van der Waals surface area contributed by atoms with Crippen LogP contribution in [0.2, 0.25) is 0 Å². The normalized spacial score (nSPS) is 10.5. The molecule has 0 aliphatic heterocycles. The first kappa shape index (κ1) is 16.5. The smallest absolute Gasteiger partial charge is 0.407 e. The van der Waals surface area contributed by atoms with Crippen LogP contribution < -0.4 is 5.32 Å². The summed E-state index contributed by atoms with van der Waals surface area (Å²) in [6, 6.07) is 16.8. The van der Waals surface area contributed by atoms with E-state index in [4.69, 9.17) is 4.74 Å². The van der Waals surface area contributed by atoms with Crippen LogP contribution in [0.5, 0.6) is 0 Å². The molecule has 0 bridgehead atoms. The van der Waals surface area contributed by atoms with Gasteiger partial charge in [0.2, 0.25) is 0 Å². The highest BCUT2D eigenvalue weighted by atomic mass is 16.5. The molecule has 0 fully saturated rings. The Morgan fingerprint density at radius 1 is 1.04 bits per heavy atom. The lowest BCUT2D eigenvalue weighted by Crippen LogP contribution is -2.24. The topological polar surface area (TPSA) is 55.4 Å². The maximum atomic E-state index is 11.5. The van der Waals surface area contributed by atoms with Gasteiger partial charge in [0.05, 0.1) is 0 Å². The van der Waals surface area contributed by atoms with Crippen molar-refractivity contribution in [2.24, 2.45) is 0 Å². The molecule has 0 saturated carbocycles. The standard InChI is InChI=1S/C19H19NO3/c1-15(21)18-11-9-16(10-12-18)8-5-13-20-19(22)23-14-17-6-3-2-4-7-17/h2-12H,13-14H2,1H3,(H,20,22). The number of hydrogen-bond donors (Lipinski definition) is 1. The van der Waals surface area contributed by atoms with Gasteiger partial charge in [0.1, 0.15) is 6.61 Å². The Balaban J connectivity index is 1.71. The Labute approximate surface area is 135 Å². The molecule has 0 spiro atoms. The molecule has 0 aliphatic rings. The van der Waals surface area contributed by atoms with Gasteiger partial charge in [0.15, 0.2) is 5.78 Å². The monoisotopic (exact) mass is 309 g/mol. The third-order valence-corrected chi connectivity index (χ3v) is 3.20. The van der Waals surface area contributed by atoms with Crippen molar-refractivity contribution in [1.82, 2.24) is 5.32 Å². The Morgan fingerprint density at radius 3 is 2.39 bits per heavy atom. The van der Waals surface area contributed by atoms with E-state index in [1.54, 1.807) is 12.1 Å². The molecule has 118 valence electrons. The third-order valence-electron chi connectivity index (χ3n) is 3.20. The third kappa shape index (κ3) is 5.79. The SMILES string of the molecule is CC(=O)c1ccc(C=CCNC(=O)OCc2ccccc2)cc1. The Bertz CT molecular complexity index is 676. The minimum absolute atomic E-state index is 0.0448. The summed E-state index contributed by atoms with van der Waals surface area (Å²) in [6.45, 7) is 2.17. The van der Waals surface area contributed by atoms with E-state index < -0.39 is 6.09 Å². The number of carbonyl (C=O) groups is 2. The minimum atomic E-state index is -0.453. The maximum Gasteiger partial charge on any atom is 0.407 e. The van der Waals surface area contributed by atoms with Crippen molar-refractivity contribution in [3.8, 4) is 0 Å². The number of nitrogens with one attached hydrogen (secondary N) is 1. The van der Waals surface area contributed by atoms with E-state index in [9.17, 15) is 9.59 Å². The number of rotatable bonds is 6. The molecule has 2 aromatic carbocycles. The van der Waals surface area contributed by atoms with E-state index in [-0.39, 0.29) is 12.4 Å². The summed E-state index contributed by atoms with van der Waals surface area (Å²) in [4.78, 5) is 22.7. The van der Waals surface area contributed by atoms with Crippen molar-refractivity contribution < 1.29 is 14.3 Å². The summed E-state index contributed by atoms with van der Waals surface area (Å²) >= 11 is 0. The molecule has 1 N–H and O–H groups in total. The summed E-state index contributed by atoms with van der Waals surface area (Å²) in [6.07, 6.45) is 3.25. The quantitative estimate of drug-likeness (QED) is 0.825. The highest BCUT2D eigenvalue weighted by Crippen LogP contribution is 2.06. The fraction of sp³-hybridized carbons (Fsp3) is 0.158. The zero-order valence-electron chi connectivity index (χ0n) is 13.0. The molecule has 0 unspecified atom stereocenters. The summed E-state index contributed by atoms with van der Waals surface area (Å²) < 4.78 is 5.10. The summed E-state index contributed by atoms with van der Waals surface area (Å²) in [7, 11) is 0. The van der Waals surface area contributed by atoms with Gasteiger partial charge in [-0.15, -0.1) is 0 Å². The van der Waals surface area contributed by atoms with E-state index in [0.717, 1.165) is 11.1 Å². The Hall–Kier alpha value is -2.88. The largest absolute Gasteiger partial charge is 0.445 e. The van der Waals surface area contributed by atoms with Gasteiger partial charge in [-0.1, -0.05) is 66.7 Å². The molecule has 4 nitrogen and oxygen atoms in total. The van der Waals surface area contributed by atoms with Gasteiger partial charge in [-0.3, -0.25) is 4.79 Å². The molecule has 0 aromatic heterocycles. The lowest BCUT2D eigenvalue weighted by atomic mass is 10.1. The van der Waals surface area contributed by atoms with Crippen LogP contribution in [0.15, 0.2) is 60.7 Å². The van der Waals surface area contributed by atoms with E-state index in [1.807, 2.05) is 54.6 Å². The summed E-state index contributed by atoms with van der Waals surface area (Å²) in [5.41, 5.74) is 2.60. The summed E-state index contributed by atoms with van der Waals surface area (Å²) in [5, 5.41) is 2.65. The molecule has 4 heteroatoms. The van der Waals surface area contributed by atoms with Crippen LogP contribution in [-0.4, -0.2) is 18.4 Å². The number of ketones is 1. The van der Waals surface area contributed by atoms with E-state index in [1.165, 1.54) is 6.92 Å². The number of amides is 1. The fourth-order valence-corrected chi connectivity index (χ4v) is 1.94. The molecule has 23 heavy (non-hydrogen) atoms. The van der Waals surface area contributed by atoms with Crippen molar-refractivity contribution >= 4 is 18.0 Å².